The molecule has 0 amide bonds. The smallest absolute Gasteiger partial charge is 0.306 e. The molecule has 0 aromatic carbocycles. The van der Waals surface area contributed by atoms with Crippen LogP contribution >= 0.6 is 0 Å². The molecule has 0 aromatic rings. The summed E-state index contributed by atoms with van der Waals surface area (Å²) in [6.07, 6.45) is 10.4. The van der Waals surface area contributed by atoms with Crippen LogP contribution in [0.4, 0.5) is 0 Å². The van der Waals surface area contributed by atoms with E-state index in [2.05, 4.69) is 12.2 Å². The fraction of sp³-hybridized carbons (Fsp3) is 0.769. The van der Waals surface area contributed by atoms with Gasteiger partial charge in [-0.15, -0.1) is 0 Å². The standard InChI is InChI=1S/C13H22O2/c1-11(2)10-13(14)15-12-8-6-4-3-5-7-9-12/h3-4,11-12H,5-10H2,1-2H3/b4-3+. The molecule has 0 aromatic heterocycles. The van der Waals surface area contributed by atoms with E-state index in [4.69, 9.17) is 4.74 Å². The van der Waals surface area contributed by atoms with Crippen molar-refractivity contribution in [2.75, 3.05) is 0 Å². The predicted molar refractivity (Wildman–Crippen MR) is 61.6 cm³/mol. The molecular formula is C13H22O2. The third-order valence-corrected chi connectivity index (χ3v) is 2.59. The third-order valence-electron chi connectivity index (χ3n) is 2.59. The van der Waals surface area contributed by atoms with Gasteiger partial charge in [0.1, 0.15) is 6.10 Å². The first kappa shape index (κ1) is 12.3. The van der Waals surface area contributed by atoms with Crippen LogP contribution in [0.15, 0.2) is 12.2 Å². The average molecular weight is 210 g/mol. The van der Waals surface area contributed by atoms with E-state index in [0.717, 1.165) is 32.1 Å². The van der Waals surface area contributed by atoms with Crippen molar-refractivity contribution in [2.45, 2.75) is 58.5 Å². The number of ether oxygens (including phenoxy) is 1. The summed E-state index contributed by atoms with van der Waals surface area (Å²) in [5, 5.41) is 0. The maximum absolute atomic E-state index is 11.5. The highest BCUT2D eigenvalue weighted by Crippen LogP contribution is 2.16. The molecule has 0 saturated carbocycles. The van der Waals surface area contributed by atoms with Gasteiger partial charge >= 0.3 is 5.97 Å². The molecule has 1 rings (SSSR count). The lowest BCUT2D eigenvalue weighted by atomic mass is 10.0. The van der Waals surface area contributed by atoms with E-state index >= 15 is 0 Å². The molecule has 0 N–H and O–H groups in total. The summed E-state index contributed by atoms with van der Waals surface area (Å²) >= 11 is 0. The maximum atomic E-state index is 11.5. The SMILES string of the molecule is CC(C)CC(=O)OC1CC/C=C/CCC1. The molecule has 0 bridgehead atoms. The Hall–Kier alpha value is -0.790. The second-order valence-corrected chi connectivity index (χ2v) is 4.69. The summed E-state index contributed by atoms with van der Waals surface area (Å²) in [6.45, 7) is 4.09. The predicted octanol–water partition coefficient (Wildman–Crippen LogP) is 3.46. The van der Waals surface area contributed by atoms with Crippen LogP contribution in [0.3, 0.4) is 0 Å². The van der Waals surface area contributed by atoms with Crippen molar-refractivity contribution in [1.82, 2.24) is 0 Å². The van der Waals surface area contributed by atoms with Gasteiger partial charge in [0.25, 0.3) is 0 Å². The van der Waals surface area contributed by atoms with Crippen molar-refractivity contribution in [1.29, 1.82) is 0 Å². The number of carbonyl (C=O) groups is 1. The molecule has 2 nitrogen and oxygen atoms in total. The number of esters is 1. The molecule has 1 atom stereocenters. The second kappa shape index (κ2) is 6.65. The first-order valence-electron chi connectivity index (χ1n) is 6.03. The molecule has 86 valence electrons. The molecular weight excluding hydrogens is 188 g/mol. The Balaban J connectivity index is 2.29. The van der Waals surface area contributed by atoms with Crippen molar-refractivity contribution in [3.05, 3.63) is 12.2 Å². The van der Waals surface area contributed by atoms with Crippen LogP contribution < -0.4 is 0 Å². The molecule has 1 aliphatic carbocycles. The van der Waals surface area contributed by atoms with Gasteiger partial charge in [0.2, 0.25) is 0 Å². The topological polar surface area (TPSA) is 26.3 Å². The zero-order chi connectivity index (χ0) is 11.1. The van der Waals surface area contributed by atoms with Gasteiger partial charge in [0.05, 0.1) is 0 Å². The van der Waals surface area contributed by atoms with E-state index in [1.165, 1.54) is 0 Å². The van der Waals surface area contributed by atoms with Crippen LogP contribution in [-0.4, -0.2) is 12.1 Å². The highest BCUT2D eigenvalue weighted by molar-refractivity contribution is 5.69. The van der Waals surface area contributed by atoms with Crippen LogP contribution in [0.25, 0.3) is 0 Å². The first-order chi connectivity index (χ1) is 7.18. The minimum atomic E-state index is -0.0282. The number of allylic oxidation sites excluding steroid dienone is 2. The summed E-state index contributed by atoms with van der Waals surface area (Å²) in [4.78, 5) is 11.5. The minimum Gasteiger partial charge on any atom is -0.462 e. The van der Waals surface area contributed by atoms with E-state index in [-0.39, 0.29) is 12.1 Å². The minimum absolute atomic E-state index is 0.0282. The maximum Gasteiger partial charge on any atom is 0.306 e. The molecule has 0 spiro atoms. The molecule has 0 fully saturated rings. The molecule has 0 heterocycles. The van der Waals surface area contributed by atoms with Crippen LogP contribution in [0, 0.1) is 5.92 Å². The molecule has 1 unspecified atom stereocenters. The van der Waals surface area contributed by atoms with Crippen molar-refractivity contribution >= 4 is 5.97 Å². The van der Waals surface area contributed by atoms with Gasteiger partial charge in [-0.25, -0.2) is 0 Å². The number of rotatable bonds is 3. The van der Waals surface area contributed by atoms with Crippen molar-refractivity contribution in [3.8, 4) is 0 Å². The van der Waals surface area contributed by atoms with Gasteiger partial charge < -0.3 is 4.74 Å². The normalized spacial score (nSPS) is 24.3. The molecule has 15 heavy (non-hydrogen) atoms. The first-order valence-corrected chi connectivity index (χ1v) is 6.03. The van der Waals surface area contributed by atoms with E-state index in [0.29, 0.717) is 12.3 Å². The third kappa shape index (κ3) is 5.60. The Morgan fingerprint density at radius 2 is 2.07 bits per heavy atom. The van der Waals surface area contributed by atoms with Crippen LogP contribution in [0.1, 0.15) is 52.4 Å². The van der Waals surface area contributed by atoms with E-state index in [9.17, 15) is 4.79 Å². The molecule has 1 aliphatic rings. The Labute approximate surface area is 92.7 Å². The summed E-state index contributed by atoms with van der Waals surface area (Å²) in [5.41, 5.74) is 0. The van der Waals surface area contributed by atoms with Crippen molar-refractivity contribution < 1.29 is 9.53 Å². The fourth-order valence-corrected chi connectivity index (χ4v) is 1.81. The van der Waals surface area contributed by atoms with Crippen molar-refractivity contribution in [2.24, 2.45) is 5.92 Å². The summed E-state index contributed by atoms with van der Waals surface area (Å²) < 4.78 is 5.46. The second-order valence-electron chi connectivity index (χ2n) is 4.69. The Kier molecular flexibility index (Phi) is 5.44. The van der Waals surface area contributed by atoms with Gasteiger partial charge in [-0.1, -0.05) is 26.0 Å². The molecule has 0 aliphatic heterocycles. The van der Waals surface area contributed by atoms with E-state index < -0.39 is 0 Å². The quantitative estimate of drug-likeness (QED) is 0.526. The lowest BCUT2D eigenvalue weighted by Crippen LogP contribution is -2.19. The number of hydrogen-bond donors (Lipinski definition) is 0. The summed E-state index contributed by atoms with van der Waals surface area (Å²) in [6, 6.07) is 0. The Morgan fingerprint density at radius 3 is 2.80 bits per heavy atom. The highest BCUT2D eigenvalue weighted by atomic mass is 16.5. The Morgan fingerprint density at radius 1 is 1.33 bits per heavy atom. The van der Waals surface area contributed by atoms with Crippen LogP contribution in [-0.2, 0) is 9.53 Å². The number of hydrogen-bond acceptors (Lipinski definition) is 2. The lowest BCUT2D eigenvalue weighted by molar-refractivity contribution is -0.150. The summed E-state index contributed by atoms with van der Waals surface area (Å²) in [7, 11) is 0. The highest BCUT2D eigenvalue weighted by Gasteiger charge is 2.15. The van der Waals surface area contributed by atoms with Gasteiger partial charge in [0, 0.05) is 6.42 Å². The van der Waals surface area contributed by atoms with Crippen LogP contribution in [0.5, 0.6) is 0 Å². The Bertz CT molecular complexity index is 219. The molecule has 0 saturated heterocycles. The summed E-state index contributed by atoms with van der Waals surface area (Å²) in [5.74, 6) is 0.366. The van der Waals surface area contributed by atoms with Gasteiger partial charge in [0.15, 0.2) is 0 Å². The van der Waals surface area contributed by atoms with Crippen LogP contribution in [0.2, 0.25) is 0 Å². The fourth-order valence-electron chi connectivity index (χ4n) is 1.81. The van der Waals surface area contributed by atoms with Gasteiger partial charge in [-0.2, -0.15) is 0 Å². The van der Waals surface area contributed by atoms with E-state index in [1.807, 2.05) is 13.8 Å². The zero-order valence-electron chi connectivity index (χ0n) is 9.87. The lowest BCUT2D eigenvalue weighted by Gasteiger charge is -2.18. The molecule has 0 radical (unpaired) electrons. The zero-order valence-corrected chi connectivity index (χ0v) is 9.87. The number of carbonyl (C=O) groups excluding carboxylic acids is 1. The van der Waals surface area contributed by atoms with Gasteiger partial charge in [-0.3, -0.25) is 4.79 Å². The van der Waals surface area contributed by atoms with Crippen molar-refractivity contribution in [3.63, 3.8) is 0 Å². The monoisotopic (exact) mass is 210 g/mol. The largest absolute Gasteiger partial charge is 0.462 e. The van der Waals surface area contributed by atoms with E-state index in [1.54, 1.807) is 0 Å². The molecule has 2 heteroatoms. The van der Waals surface area contributed by atoms with Gasteiger partial charge in [-0.05, 0) is 38.0 Å². The average Bonchev–Trinajstić information content (AvgIpc) is 2.08.